The van der Waals surface area contributed by atoms with Crippen LogP contribution in [0.4, 0.5) is 0 Å². The molecule has 0 N–H and O–H groups in total. The van der Waals surface area contributed by atoms with Crippen LogP contribution < -0.4 is 0 Å². The second-order valence-corrected chi connectivity index (χ2v) is 5.17. The molecule has 0 heterocycles. The molecule has 1 nitrogen and oxygen atoms in total. The summed E-state index contributed by atoms with van der Waals surface area (Å²) in [4.78, 5) is 4.49. The summed E-state index contributed by atoms with van der Waals surface area (Å²) in [6, 6.07) is 13.1. The lowest BCUT2D eigenvalue weighted by atomic mass is 9.96. The summed E-state index contributed by atoms with van der Waals surface area (Å²) in [5.74, 6) is 0. The first-order chi connectivity index (χ1) is 9.02. The smallest absolute Gasteiger partial charge is 0.0715 e. The van der Waals surface area contributed by atoms with Crippen molar-refractivity contribution in [3.05, 3.63) is 69.8 Å². The summed E-state index contributed by atoms with van der Waals surface area (Å²) in [5, 5.41) is 0. The van der Waals surface area contributed by atoms with Gasteiger partial charge in [0.25, 0.3) is 0 Å². The van der Waals surface area contributed by atoms with Crippen LogP contribution in [0.5, 0.6) is 0 Å². The minimum Gasteiger partial charge on any atom is -0.287 e. The zero-order chi connectivity index (χ0) is 14.0. The summed E-state index contributed by atoms with van der Waals surface area (Å²) in [6.07, 6.45) is 0. The molecule has 0 fully saturated rings. The molecule has 0 bridgehead atoms. The molecule has 0 unspecified atom stereocenters. The second kappa shape index (κ2) is 5.40. The van der Waals surface area contributed by atoms with Gasteiger partial charge in [-0.25, -0.2) is 0 Å². The van der Waals surface area contributed by atoms with Crippen molar-refractivity contribution in [2.45, 2.75) is 27.7 Å². The van der Waals surface area contributed by atoms with Gasteiger partial charge in [0.1, 0.15) is 0 Å². The van der Waals surface area contributed by atoms with Gasteiger partial charge in [0.15, 0.2) is 0 Å². The van der Waals surface area contributed by atoms with Crippen LogP contribution in [-0.2, 0) is 0 Å². The summed E-state index contributed by atoms with van der Waals surface area (Å²) in [5.41, 5.74) is 8.69. The summed E-state index contributed by atoms with van der Waals surface area (Å²) in [7, 11) is 1.86. The Bertz CT molecular complexity index is 583. The Hall–Kier alpha value is -1.89. The minimum atomic E-state index is 1.06. The minimum absolute atomic E-state index is 1.06. The second-order valence-electron chi connectivity index (χ2n) is 5.17. The molecule has 19 heavy (non-hydrogen) atoms. The van der Waals surface area contributed by atoms with Crippen LogP contribution in [-0.4, -0.2) is 12.8 Å². The van der Waals surface area contributed by atoms with E-state index in [1.54, 1.807) is 0 Å². The van der Waals surface area contributed by atoms with Crippen molar-refractivity contribution in [1.82, 2.24) is 0 Å². The van der Waals surface area contributed by atoms with E-state index in [1.165, 1.54) is 33.4 Å². The third kappa shape index (κ3) is 2.76. The molecule has 0 atom stereocenters. The summed E-state index contributed by atoms with van der Waals surface area (Å²) < 4.78 is 0. The highest BCUT2D eigenvalue weighted by atomic mass is 14.7. The van der Waals surface area contributed by atoms with Crippen LogP contribution in [0.25, 0.3) is 0 Å². The maximum atomic E-state index is 4.49. The van der Waals surface area contributed by atoms with Gasteiger partial charge in [-0.15, -0.1) is 0 Å². The standard InChI is InChI=1S/C18H21N/c1-12-6-8-16(10-14(12)3)18(19-5)17-9-7-13(2)15(4)11-17/h6-11H,1-5H3. The van der Waals surface area contributed by atoms with Crippen molar-refractivity contribution >= 4 is 5.71 Å². The SMILES string of the molecule is CN=C(c1ccc(C)c(C)c1)c1ccc(C)c(C)c1. The maximum absolute atomic E-state index is 4.49. The van der Waals surface area contributed by atoms with Crippen LogP contribution in [0, 0.1) is 27.7 Å². The molecule has 0 aliphatic heterocycles. The molecule has 0 aromatic heterocycles. The predicted molar refractivity (Wildman–Crippen MR) is 83.4 cm³/mol. The summed E-state index contributed by atoms with van der Waals surface area (Å²) in [6.45, 7) is 8.56. The first kappa shape index (κ1) is 13.5. The fraction of sp³-hybridized carbons (Fsp3) is 0.278. The molecule has 0 saturated carbocycles. The van der Waals surface area contributed by atoms with Gasteiger partial charge < -0.3 is 0 Å². The Labute approximate surface area is 116 Å². The zero-order valence-electron chi connectivity index (χ0n) is 12.4. The van der Waals surface area contributed by atoms with E-state index in [2.05, 4.69) is 69.1 Å². The van der Waals surface area contributed by atoms with E-state index in [4.69, 9.17) is 0 Å². The van der Waals surface area contributed by atoms with Crippen LogP contribution in [0.1, 0.15) is 33.4 Å². The molecule has 0 spiro atoms. The number of benzene rings is 2. The summed E-state index contributed by atoms with van der Waals surface area (Å²) >= 11 is 0. The number of hydrogen-bond acceptors (Lipinski definition) is 1. The number of aliphatic imine (C=N–C) groups is 1. The Morgan fingerprint density at radius 1 is 0.684 bits per heavy atom. The van der Waals surface area contributed by atoms with E-state index in [9.17, 15) is 0 Å². The van der Waals surface area contributed by atoms with Gasteiger partial charge in [0.2, 0.25) is 0 Å². The quantitative estimate of drug-likeness (QED) is 0.702. The van der Waals surface area contributed by atoms with Crippen molar-refractivity contribution in [3.8, 4) is 0 Å². The van der Waals surface area contributed by atoms with E-state index in [1.807, 2.05) is 7.05 Å². The van der Waals surface area contributed by atoms with Crippen LogP contribution >= 0.6 is 0 Å². The lowest BCUT2D eigenvalue weighted by molar-refractivity contribution is 1.31. The number of hydrogen-bond donors (Lipinski definition) is 0. The van der Waals surface area contributed by atoms with E-state index in [-0.39, 0.29) is 0 Å². The molecule has 2 aromatic rings. The lowest BCUT2D eigenvalue weighted by Gasteiger charge is -2.10. The van der Waals surface area contributed by atoms with Crippen molar-refractivity contribution in [2.75, 3.05) is 7.05 Å². The molecular formula is C18H21N. The maximum Gasteiger partial charge on any atom is 0.0715 e. The Morgan fingerprint density at radius 2 is 1.11 bits per heavy atom. The Morgan fingerprint density at radius 3 is 1.42 bits per heavy atom. The number of rotatable bonds is 2. The molecular weight excluding hydrogens is 230 g/mol. The molecule has 2 aromatic carbocycles. The van der Waals surface area contributed by atoms with E-state index >= 15 is 0 Å². The third-order valence-electron chi connectivity index (χ3n) is 3.78. The highest BCUT2D eigenvalue weighted by Gasteiger charge is 2.08. The van der Waals surface area contributed by atoms with Gasteiger partial charge in [-0.3, -0.25) is 4.99 Å². The number of aryl methyl sites for hydroxylation is 4. The van der Waals surface area contributed by atoms with E-state index < -0.39 is 0 Å². The van der Waals surface area contributed by atoms with Gasteiger partial charge in [-0.1, -0.05) is 24.3 Å². The van der Waals surface area contributed by atoms with Crippen molar-refractivity contribution in [1.29, 1.82) is 0 Å². The lowest BCUT2D eigenvalue weighted by Crippen LogP contribution is -2.04. The van der Waals surface area contributed by atoms with Gasteiger partial charge in [-0.05, 0) is 62.1 Å². The molecule has 0 radical (unpaired) electrons. The van der Waals surface area contributed by atoms with E-state index in [0.717, 1.165) is 5.71 Å². The fourth-order valence-electron chi connectivity index (χ4n) is 2.20. The molecule has 1 heteroatoms. The van der Waals surface area contributed by atoms with E-state index in [0.29, 0.717) is 0 Å². The molecule has 0 aliphatic carbocycles. The average Bonchev–Trinajstić information content (AvgIpc) is 2.39. The van der Waals surface area contributed by atoms with Gasteiger partial charge in [-0.2, -0.15) is 0 Å². The van der Waals surface area contributed by atoms with Gasteiger partial charge >= 0.3 is 0 Å². The van der Waals surface area contributed by atoms with Gasteiger partial charge in [0, 0.05) is 18.2 Å². The first-order valence-corrected chi connectivity index (χ1v) is 6.65. The monoisotopic (exact) mass is 251 g/mol. The first-order valence-electron chi connectivity index (χ1n) is 6.65. The van der Waals surface area contributed by atoms with Crippen LogP contribution in [0.3, 0.4) is 0 Å². The molecule has 0 amide bonds. The predicted octanol–water partition coefficient (Wildman–Crippen LogP) is 4.39. The molecule has 2 rings (SSSR count). The van der Waals surface area contributed by atoms with Gasteiger partial charge in [0.05, 0.1) is 5.71 Å². The highest BCUT2D eigenvalue weighted by molar-refractivity contribution is 6.13. The average molecular weight is 251 g/mol. The topological polar surface area (TPSA) is 12.4 Å². The van der Waals surface area contributed by atoms with Crippen molar-refractivity contribution < 1.29 is 0 Å². The molecule has 98 valence electrons. The highest BCUT2D eigenvalue weighted by Crippen LogP contribution is 2.17. The van der Waals surface area contributed by atoms with Crippen molar-refractivity contribution in [3.63, 3.8) is 0 Å². The normalized spacial score (nSPS) is 10.4. The molecule has 0 saturated heterocycles. The van der Waals surface area contributed by atoms with Crippen LogP contribution in [0.15, 0.2) is 41.4 Å². The number of nitrogens with zero attached hydrogens (tertiary/aromatic N) is 1. The van der Waals surface area contributed by atoms with Crippen LogP contribution in [0.2, 0.25) is 0 Å². The Balaban J connectivity index is 2.50. The third-order valence-corrected chi connectivity index (χ3v) is 3.78. The Kier molecular flexibility index (Phi) is 3.84. The molecule has 0 aliphatic rings. The zero-order valence-corrected chi connectivity index (χ0v) is 12.4. The van der Waals surface area contributed by atoms with Crippen molar-refractivity contribution in [2.24, 2.45) is 4.99 Å². The fourth-order valence-corrected chi connectivity index (χ4v) is 2.20. The largest absolute Gasteiger partial charge is 0.287 e.